The van der Waals surface area contributed by atoms with Gasteiger partial charge in [-0.3, -0.25) is 4.79 Å². The van der Waals surface area contributed by atoms with Gasteiger partial charge < -0.3 is 9.47 Å². The smallest absolute Gasteiger partial charge is 0.223 e. The molecule has 0 saturated carbocycles. The van der Waals surface area contributed by atoms with Crippen LogP contribution in [0.3, 0.4) is 0 Å². The van der Waals surface area contributed by atoms with Crippen LogP contribution in [-0.4, -0.2) is 34.0 Å². The van der Waals surface area contributed by atoms with Gasteiger partial charge in [-0.25, -0.2) is 4.98 Å². The Morgan fingerprint density at radius 2 is 2.06 bits per heavy atom. The Labute approximate surface area is 99.9 Å². The second kappa shape index (κ2) is 3.58. The van der Waals surface area contributed by atoms with Gasteiger partial charge in [-0.2, -0.15) is 0 Å². The second-order valence-electron chi connectivity index (χ2n) is 4.69. The quantitative estimate of drug-likeness (QED) is 0.743. The zero-order valence-corrected chi connectivity index (χ0v) is 10.1. The van der Waals surface area contributed by atoms with E-state index in [2.05, 4.69) is 15.6 Å². The summed E-state index contributed by atoms with van der Waals surface area (Å²) < 4.78 is 2.10. The minimum Gasteiger partial charge on any atom is -0.345 e. The number of nitrogens with zero attached hydrogens (tertiary/aromatic N) is 3. The van der Waals surface area contributed by atoms with E-state index in [0.717, 1.165) is 23.4 Å². The summed E-state index contributed by atoms with van der Waals surface area (Å²) in [5, 5.41) is 0. The van der Waals surface area contributed by atoms with Crippen molar-refractivity contribution in [3.05, 3.63) is 30.1 Å². The highest BCUT2D eigenvalue weighted by Gasteiger charge is 2.31. The number of likely N-dealkylation sites (N-methyl/N-ethyl adjacent to an activating group) is 1. The SMILES string of the molecule is CN1C[C@@H](c2nc3ccccc3n2C)CC1=O. The molecule has 0 spiro atoms. The predicted molar refractivity (Wildman–Crippen MR) is 65.7 cm³/mol. The van der Waals surface area contributed by atoms with Gasteiger partial charge in [0.15, 0.2) is 0 Å². The van der Waals surface area contributed by atoms with Crippen LogP contribution in [0.25, 0.3) is 11.0 Å². The number of benzene rings is 1. The number of rotatable bonds is 1. The zero-order valence-electron chi connectivity index (χ0n) is 10.1. The highest BCUT2D eigenvalue weighted by atomic mass is 16.2. The first-order valence-corrected chi connectivity index (χ1v) is 5.82. The number of para-hydroxylation sites is 2. The van der Waals surface area contributed by atoms with Crippen molar-refractivity contribution < 1.29 is 4.79 Å². The van der Waals surface area contributed by atoms with Crippen LogP contribution in [0.15, 0.2) is 24.3 Å². The van der Waals surface area contributed by atoms with Gasteiger partial charge in [0.25, 0.3) is 0 Å². The van der Waals surface area contributed by atoms with Gasteiger partial charge >= 0.3 is 0 Å². The van der Waals surface area contributed by atoms with Crippen LogP contribution in [0, 0.1) is 0 Å². The lowest BCUT2D eigenvalue weighted by Gasteiger charge is -2.10. The molecule has 0 unspecified atom stereocenters. The largest absolute Gasteiger partial charge is 0.345 e. The minimum absolute atomic E-state index is 0.210. The fourth-order valence-corrected chi connectivity index (χ4v) is 2.57. The van der Waals surface area contributed by atoms with Crippen molar-refractivity contribution in [3.8, 4) is 0 Å². The lowest BCUT2D eigenvalue weighted by molar-refractivity contribution is -0.126. The number of aryl methyl sites for hydroxylation is 1. The lowest BCUT2D eigenvalue weighted by atomic mass is 10.1. The Kier molecular flexibility index (Phi) is 2.18. The number of carbonyl (C=O) groups excluding carboxylic acids is 1. The molecule has 0 aliphatic carbocycles. The van der Waals surface area contributed by atoms with Gasteiger partial charge in [-0.15, -0.1) is 0 Å². The molecule has 17 heavy (non-hydrogen) atoms. The molecular weight excluding hydrogens is 214 g/mol. The van der Waals surface area contributed by atoms with Crippen LogP contribution in [0.4, 0.5) is 0 Å². The Morgan fingerprint density at radius 3 is 2.71 bits per heavy atom. The fraction of sp³-hybridized carbons (Fsp3) is 0.385. The van der Waals surface area contributed by atoms with E-state index in [9.17, 15) is 4.79 Å². The number of hydrogen-bond donors (Lipinski definition) is 0. The third-order valence-corrected chi connectivity index (χ3v) is 3.53. The normalized spacial score (nSPS) is 20.5. The monoisotopic (exact) mass is 229 g/mol. The standard InChI is InChI=1S/C13H15N3O/c1-15-8-9(7-12(15)17)13-14-10-5-3-4-6-11(10)16(13)2/h3-6,9H,7-8H2,1-2H3/t9-/m0/s1. The van der Waals surface area contributed by atoms with Crippen LogP contribution in [-0.2, 0) is 11.8 Å². The van der Waals surface area contributed by atoms with E-state index in [1.165, 1.54) is 0 Å². The molecule has 1 aromatic carbocycles. The van der Waals surface area contributed by atoms with Gasteiger partial charge in [0.1, 0.15) is 5.82 Å². The summed E-state index contributed by atoms with van der Waals surface area (Å²) in [5.41, 5.74) is 2.14. The van der Waals surface area contributed by atoms with E-state index in [1.807, 2.05) is 32.3 Å². The fourth-order valence-electron chi connectivity index (χ4n) is 2.57. The first kappa shape index (κ1) is 10.3. The summed E-state index contributed by atoms with van der Waals surface area (Å²) in [6, 6.07) is 8.08. The van der Waals surface area contributed by atoms with Gasteiger partial charge in [0, 0.05) is 33.0 Å². The average Bonchev–Trinajstić information content (AvgIpc) is 2.82. The molecule has 1 aliphatic rings. The minimum atomic E-state index is 0.210. The van der Waals surface area contributed by atoms with Crippen molar-refractivity contribution in [2.24, 2.45) is 7.05 Å². The molecule has 1 fully saturated rings. The van der Waals surface area contributed by atoms with E-state index in [0.29, 0.717) is 6.42 Å². The third kappa shape index (κ3) is 1.52. The van der Waals surface area contributed by atoms with E-state index >= 15 is 0 Å². The molecule has 1 aromatic heterocycles. The summed E-state index contributed by atoms with van der Waals surface area (Å²) in [7, 11) is 3.87. The van der Waals surface area contributed by atoms with Crippen molar-refractivity contribution >= 4 is 16.9 Å². The van der Waals surface area contributed by atoms with Crippen molar-refractivity contribution in [1.29, 1.82) is 0 Å². The van der Waals surface area contributed by atoms with Gasteiger partial charge in [0.2, 0.25) is 5.91 Å². The predicted octanol–water partition coefficient (Wildman–Crippen LogP) is 1.52. The van der Waals surface area contributed by atoms with E-state index < -0.39 is 0 Å². The Bertz CT molecular complexity index is 587. The topological polar surface area (TPSA) is 38.1 Å². The molecule has 2 heterocycles. The van der Waals surface area contributed by atoms with Crippen LogP contribution < -0.4 is 0 Å². The summed E-state index contributed by atoms with van der Waals surface area (Å²) in [5.74, 6) is 1.45. The molecule has 3 rings (SSSR count). The number of fused-ring (bicyclic) bond motifs is 1. The maximum Gasteiger partial charge on any atom is 0.223 e. The first-order chi connectivity index (χ1) is 8.16. The van der Waals surface area contributed by atoms with Crippen molar-refractivity contribution in [1.82, 2.24) is 14.5 Å². The van der Waals surface area contributed by atoms with Crippen molar-refractivity contribution in [2.75, 3.05) is 13.6 Å². The summed E-state index contributed by atoms with van der Waals surface area (Å²) in [6.45, 7) is 0.774. The van der Waals surface area contributed by atoms with Gasteiger partial charge in [-0.1, -0.05) is 12.1 Å². The van der Waals surface area contributed by atoms with Crippen molar-refractivity contribution in [2.45, 2.75) is 12.3 Å². The molecule has 88 valence electrons. The van der Waals surface area contributed by atoms with Crippen LogP contribution >= 0.6 is 0 Å². The highest BCUT2D eigenvalue weighted by molar-refractivity contribution is 5.80. The Hall–Kier alpha value is -1.84. The molecule has 1 amide bonds. The highest BCUT2D eigenvalue weighted by Crippen LogP contribution is 2.28. The molecule has 1 atom stereocenters. The van der Waals surface area contributed by atoms with Crippen LogP contribution in [0.1, 0.15) is 18.2 Å². The number of aromatic nitrogens is 2. The maximum atomic E-state index is 11.6. The second-order valence-corrected chi connectivity index (χ2v) is 4.69. The molecular formula is C13H15N3O. The Morgan fingerprint density at radius 1 is 1.29 bits per heavy atom. The summed E-state index contributed by atoms with van der Waals surface area (Å²) >= 11 is 0. The molecule has 4 heteroatoms. The average molecular weight is 229 g/mol. The zero-order chi connectivity index (χ0) is 12.0. The lowest BCUT2D eigenvalue weighted by Crippen LogP contribution is -2.19. The van der Waals surface area contributed by atoms with E-state index in [1.54, 1.807) is 4.90 Å². The molecule has 1 saturated heterocycles. The van der Waals surface area contributed by atoms with Crippen LogP contribution in [0.2, 0.25) is 0 Å². The number of amides is 1. The summed E-state index contributed by atoms with van der Waals surface area (Å²) in [6.07, 6.45) is 0.577. The van der Waals surface area contributed by atoms with Crippen LogP contribution in [0.5, 0.6) is 0 Å². The maximum absolute atomic E-state index is 11.6. The third-order valence-electron chi connectivity index (χ3n) is 3.53. The summed E-state index contributed by atoms with van der Waals surface area (Å²) in [4.78, 5) is 18.0. The molecule has 4 nitrogen and oxygen atoms in total. The number of imidazole rings is 1. The van der Waals surface area contributed by atoms with Gasteiger partial charge in [-0.05, 0) is 12.1 Å². The van der Waals surface area contributed by atoms with E-state index in [-0.39, 0.29) is 11.8 Å². The molecule has 1 aliphatic heterocycles. The Balaban J connectivity index is 2.06. The van der Waals surface area contributed by atoms with Crippen molar-refractivity contribution in [3.63, 3.8) is 0 Å². The molecule has 0 radical (unpaired) electrons. The molecule has 0 bridgehead atoms. The first-order valence-electron chi connectivity index (χ1n) is 5.82. The molecule has 2 aromatic rings. The number of hydrogen-bond acceptors (Lipinski definition) is 2. The number of likely N-dealkylation sites (tertiary alicyclic amines) is 1. The van der Waals surface area contributed by atoms with E-state index in [4.69, 9.17) is 0 Å². The van der Waals surface area contributed by atoms with Gasteiger partial charge in [0.05, 0.1) is 11.0 Å². The number of carbonyl (C=O) groups is 1. The molecule has 0 N–H and O–H groups in total.